The Morgan fingerprint density at radius 3 is 2.09 bits per heavy atom. The van der Waals surface area contributed by atoms with Gasteiger partial charge in [-0.2, -0.15) is 26.3 Å². The molecular weight excluding hydrogens is 452 g/mol. The summed E-state index contributed by atoms with van der Waals surface area (Å²) in [7, 11) is 0. The maximum atomic E-state index is 12.3. The summed E-state index contributed by atoms with van der Waals surface area (Å²) in [5.74, 6) is 0.621. The minimum atomic E-state index is -4.56. The first-order valence-electron chi connectivity index (χ1n) is 9.46. The van der Waals surface area contributed by atoms with E-state index in [-0.39, 0.29) is 17.5 Å². The highest BCUT2D eigenvalue weighted by Gasteiger charge is 2.34. The van der Waals surface area contributed by atoms with Crippen molar-refractivity contribution >= 4 is 6.41 Å². The van der Waals surface area contributed by atoms with E-state index in [1.807, 2.05) is 42.6 Å². The van der Waals surface area contributed by atoms with Crippen molar-refractivity contribution in [1.29, 1.82) is 0 Å². The summed E-state index contributed by atoms with van der Waals surface area (Å²) in [5.41, 5.74) is 0.530. The summed E-state index contributed by atoms with van der Waals surface area (Å²) in [6.07, 6.45) is -10.4. The predicted molar refractivity (Wildman–Crippen MR) is 109 cm³/mol. The van der Waals surface area contributed by atoms with Crippen LogP contribution < -0.4 is 10.9 Å². The minimum absolute atomic E-state index is 0.0441. The summed E-state index contributed by atoms with van der Waals surface area (Å²) < 4.78 is 73.6. The molecule has 33 heavy (non-hydrogen) atoms. The molecule has 176 valence electrons. The van der Waals surface area contributed by atoms with Gasteiger partial charge in [-0.15, -0.1) is 0 Å². The number of carbonyl (C=O) groups excluding carboxylic acids is 1. The molecule has 2 aromatic carbocycles. The van der Waals surface area contributed by atoms with Crippen LogP contribution in [0.15, 0.2) is 65.5 Å². The van der Waals surface area contributed by atoms with Crippen LogP contribution in [0.25, 0.3) is 11.4 Å². The summed E-state index contributed by atoms with van der Waals surface area (Å²) in [6, 6.07) is 12.8. The molecule has 0 aliphatic carbocycles. The van der Waals surface area contributed by atoms with E-state index in [2.05, 4.69) is 9.97 Å². The molecule has 2 N–H and O–H groups in total. The Hall–Kier alpha value is -3.63. The Labute approximate surface area is 184 Å². The SMILES string of the molecule is Cc1cc(=O)[nH]c(-c2ccccc2)n1.O=CNC(CC(F)(F)F)c1ccc(C(F)(F)F)cc1. The number of alkyl halides is 6. The van der Waals surface area contributed by atoms with E-state index in [1.54, 1.807) is 0 Å². The quantitative estimate of drug-likeness (QED) is 0.397. The molecule has 0 fully saturated rings. The lowest BCUT2D eigenvalue weighted by molar-refractivity contribution is -0.142. The smallest absolute Gasteiger partial charge is 0.352 e. The summed E-state index contributed by atoms with van der Waals surface area (Å²) in [6.45, 7) is 1.81. The van der Waals surface area contributed by atoms with Gasteiger partial charge in [0.05, 0.1) is 18.0 Å². The van der Waals surface area contributed by atoms with Gasteiger partial charge < -0.3 is 10.3 Å². The number of H-pyrrole nitrogens is 1. The number of hydrogen-bond acceptors (Lipinski definition) is 3. The molecule has 0 aliphatic rings. The van der Waals surface area contributed by atoms with E-state index in [0.717, 1.165) is 23.4 Å². The average molecular weight is 471 g/mol. The molecule has 1 amide bonds. The zero-order valence-corrected chi connectivity index (χ0v) is 17.2. The molecule has 0 bridgehead atoms. The monoisotopic (exact) mass is 471 g/mol. The second-order valence-corrected chi connectivity index (χ2v) is 6.88. The molecule has 5 nitrogen and oxygen atoms in total. The van der Waals surface area contributed by atoms with Crippen molar-refractivity contribution in [3.05, 3.63) is 87.8 Å². The molecule has 1 aromatic heterocycles. The van der Waals surface area contributed by atoms with Crippen molar-refractivity contribution in [3.63, 3.8) is 0 Å². The van der Waals surface area contributed by atoms with Crippen LogP contribution in [0.5, 0.6) is 0 Å². The number of aromatic amines is 1. The molecule has 3 rings (SSSR count). The Kier molecular flexibility index (Phi) is 8.38. The highest BCUT2D eigenvalue weighted by molar-refractivity contribution is 5.54. The molecular formula is C22H19F6N3O2. The van der Waals surface area contributed by atoms with Crippen LogP contribution >= 0.6 is 0 Å². The number of amides is 1. The Morgan fingerprint density at radius 1 is 1.00 bits per heavy atom. The van der Waals surface area contributed by atoms with E-state index in [0.29, 0.717) is 18.0 Å². The number of rotatable bonds is 5. The van der Waals surface area contributed by atoms with Gasteiger partial charge in [-0.25, -0.2) is 4.98 Å². The van der Waals surface area contributed by atoms with Gasteiger partial charge >= 0.3 is 12.4 Å². The number of carbonyl (C=O) groups is 1. The number of aromatic nitrogens is 2. The normalized spacial score (nSPS) is 12.3. The molecule has 1 atom stereocenters. The lowest BCUT2D eigenvalue weighted by Gasteiger charge is -2.19. The lowest BCUT2D eigenvalue weighted by atomic mass is 10.0. The van der Waals surface area contributed by atoms with Crippen molar-refractivity contribution in [3.8, 4) is 11.4 Å². The van der Waals surface area contributed by atoms with Gasteiger partial charge in [0, 0.05) is 17.3 Å². The fourth-order valence-corrected chi connectivity index (χ4v) is 2.80. The molecule has 3 aromatic rings. The second kappa shape index (κ2) is 10.8. The molecule has 11 heteroatoms. The van der Waals surface area contributed by atoms with Gasteiger partial charge in [0.25, 0.3) is 5.56 Å². The first-order valence-corrected chi connectivity index (χ1v) is 9.46. The van der Waals surface area contributed by atoms with Crippen LogP contribution in [0.3, 0.4) is 0 Å². The average Bonchev–Trinajstić information content (AvgIpc) is 2.72. The predicted octanol–water partition coefficient (Wildman–Crippen LogP) is 5.19. The van der Waals surface area contributed by atoms with E-state index >= 15 is 0 Å². The van der Waals surface area contributed by atoms with Crippen molar-refractivity contribution < 1.29 is 31.1 Å². The van der Waals surface area contributed by atoms with Gasteiger partial charge in [-0.05, 0) is 24.6 Å². The van der Waals surface area contributed by atoms with E-state index in [9.17, 15) is 35.9 Å². The van der Waals surface area contributed by atoms with Gasteiger partial charge in [-0.1, -0.05) is 42.5 Å². The largest absolute Gasteiger partial charge is 0.416 e. The highest BCUT2D eigenvalue weighted by atomic mass is 19.4. The molecule has 0 saturated carbocycles. The van der Waals surface area contributed by atoms with Crippen molar-refractivity contribution in [2.45, 2.75) is 31.7 Å². The topological polar surface area (TPSA) is 74.8 Å². The third-order valence-electron chi connectivity index (χ3n) is 4.26. The van der Waals surface area contributed by atoms with Gasteiger partial charge in [0.15, 0.2) is 0 Å². The third-order valence-corrected chi connectivity index (χ3v) is 4.26. The lowest BCUT2D eigenvalue weighted by Crippen LogP contribution is -2.25. The molecule has 0 spiro atoms. The molecule has 1 heterocycles. The van der Waals surface area contributed by atoms with E-state index in [1.165, 1.54) is 6.07 Å². The highest BCUT2D eigenvalue weighted by Crippen LogP contribution is 2.32. The molecule has 0 saturated heterocycles. The fraction of sp³-hybridized carbons (Fsp3) is 0.227. The number of aryl methyl sites for hydroxylation is 1. The Morgan fingerprint density at radius 2 is 1.61 bits per heavy atom. The standard InChI is InChI=1S/C11H9F6NO.C11H10N2O/c12-10(13,14)5-9(18-6-19)7-1-3-8(4-2-7)11(15,16)17;1-8-7-10(14)13-11(12-8)9-5-3-2-4-6-9/h1-4,6,9H,5H2,(H,18,19);2-7H,1H3,(H,12,13,14). The van der Waals surface area contributed by atoms with Crippen LogP contribution in [0.4, 0.5) is 26.3 Å². The third kappa shape index (κ3) is 8.43. The first-order chi connectivity index (χ1) is 15.4. The van der Waals surface area contributed by atoms with Gasteiger partial charge in [0.1, 0.15) is 5.82 Å². The molecule has 0 radical (unpaired) electrons. The number of hydrogen-bond donors (Lipinski definition) is 2. The maximum Gasteiger partial charge on any atom is 0.416 e. The minimum Gasteiger partial charge on any atom is -0.352 e. The van der Waals surface area contributed by atoms with Crippen LogP contribution in [0.1, 0.15) is 29.3 Å². The number of benzene rings is 2. The summed E-state index contributed by atoms with van der Waals surface area (Å²) in [5, 5.41) is 1.93. The fourth-order valence-electron chi connectivity index (χ4n) is 2.80. The van der Waals surface area contributed by atoms with Crippen molar-refractivity contribution in [2.75, 3.05) is 0 Å². The van der Waals surface area contributed by atoms with Gasteiger partial charge in [0.2, 0.25) is 6.41 Å². The number of nitrogens with one attached hydrogen (secondary N) is 2. The zero-order valence-electron chi connectivity index (χ0n) is 17.2. The summed E-state index contributed by atoms with van der Waals surface area (Å²) in [4.78, 5) is 28.4. The molecule has 0 aliphatic heterocycles. The van der Waals surface area contributed by atoms with Crippen molar-refractivity contribution in [2.24, 2.45) is 0 Å². The van der Waals surface area contributed by atoms with Gasteiger partial charge in [-0.3, -0.25) is 9.59 Å². The van der Waals surface area contributed by atoms with E-state index < -0.39 is 30.4 Å². The van der Waals surface area contributed by atoms with Crippen LogP contribution in [-0.2, 0) is 11.0 Å². The zero-order chi connectivity index (χ0) is 24.6. The Balaban J connectivity index is 0.000000243. The first kappa shape index (κ1) is 25.6. The van der Waals surface area contributed by atoms with E-state index in [4.69, 9.17) is 0 Å². The number of halogens is 6. The van der Waals surface area contributed by atoms with Crippen LogP contribution in [-0.4, -0.2) is 22.6 Å². The maximum absolute atomic E-state index is 12.3. The Bertz CT molecular complexity index is 1090. The molecule has 1 unspecified atom stereocenters. The summed E-state index contributed by atoms with van der Waals surface area (Å²) >= 11 is 0. The second-order valence-electron chi connectivity index (χ2n) is 6.88. The number of nitrogens with zero attached hydrogens (tertiary/aromatic N) is 1. The van der Waals surface area contributed by atoms with Crippen molar-refractivity contribution in [1.82, 2.24) is 15.3 Å². The van der Waals surface area contributed by atoms with Crippen LogP contribution in [0.2, 0.25) is 0 Å². The van der Waals surface area contributed by atoms with Crippen LogP contribution in [0, 0.1) is 6.92 Å².